The van der Waals surface area contributed by atoms with Crippen LogP contribution < -0.4 is 5.32 Å². The number of carbonyl (C=O) groups is 2. The Labute approximate surface area is 115 Å². The average molecular weight is 290 g/mol. The maximum absolute atomic E-state index is 12.2. The van der Waals surface area contributed by atoms with Crippen molar-refractivity contribution in [1.29, 1.82) is 0 Å². The predicted octanol–water partition coefficient (Wildman–Crippen LogP) is 1.44. The molecule has 2 N–H and O–H groups in total. The van der Waals surface area contributed by atoms with Crippen molar-refractivity contribution in [2.75, 3.05) is 17.3 Å². The molecule has 2 heterocycles. The van der Waals surface area contributed by atoms with Crippen LogP contribution in [0.2, 0.25) is 0 Å². The van der Waals surface area contributed by atoms with Gasteiger partial charge in [-0.3, -0.25) is 4.90 Å². The van der Waals surface area contributed by atoms with E-state index in [0.29, 0.717) is 5.75 Å². The van der Waals surface area contributed by atoms with E-state index in [4.69, 9.17) is 5.11 Å². The van der Waals surface area contributed by atoms with Gasteiger partial charge in [0, 0.05) is 11.8 Å². The van der Waals surface area contributed by atoms with Gasteiger partial charge in [0.2, 0.25) is 0 Å². The fraction of sp³-hybridized carbons (Fsp3) is 0.818. The van der Waals surface area contributed by atoms with Crippen molar-refractivity contribution in [2.45, 2.75) is 37.2 Å². The molecule has 0 saturated carbocycles. The van der Waals surface area contributed by atoms with Crippen LogP contribution in [0.1, 0.15) is 19.8 Å². The SMILES string of the molecule is CC1SCC(C(=O)O)N1C(=O)NC1CCSCC1. The molecule has 2 aliphatic rings. The number of rotatable bonds is 2. The maximum Gasteiger partial charge on any atom is 0.327 e. The van der Waals surface area contributed by atoms with Crippen molar-refractivity contribution in [1.82, 2.24) is 10.2 Å². The number of aliphatic carboxylic acids is 1. The highest BCUT2D eigenvalue weighted by Crippen LogP contribution is 2.29. The van der Waals surface area contributed by atoms with Crippen molar-refractivity contribution in [3.63, 3.8) is 0 Å². The van der Waals surface area contributed by atoms with Gasteiger partial charge >= 0.3 is 12.0 Å². The number of nitrogens with zero attached hydrogens (tertiary/aromatic N) is 1. The summed E-state index contributed by atoms with van der Waals surface area (Å²) in [4.78, 5) is 24.8. The van der Waals surface area contributed by atoms with Crippen LogP contribution in [0.4, 0.5) is 4.79 Å². The van der Waals surface area contributed by atoms with E-state index < -0.39 is 12.0 Å². The minimum absolute atomic E-state index is 0.0657. The van der Waals surface area contributed by atoms with E-state index in [0.717, 1.165) is 24.3 Å². The van der Waals surface area contributed by atoms with Crippen molar-refractivity contribution < 1.29 is 14.7 Å². The molecule has 5 nitrogen and oxygen atoms in total. The van der Waals surface area contributed by atoms with Gasteiger partial charge in [0.25, 0.3) is 0 Å². The summed E-state index contributed by atoms with van der Waals surface area (Å²) in [6, 6.07) is -0.717. The second-order valence-electron chi connectivity index (χ2n) is 4.53. The van der Waals surface area contributed by atoms with E-state index in [1.54, 1.807) is 0 Å². The lowest BCUT2D eigenvalue weighted by atomic mass is 10.1. The minimum Gasteiger partial charge on any atom is -0.480 e. The first kappa shape index (κ1) is 13.9. The highest BCUT2D eigenvalue weighted by molar-refractivity contribution is 8.00. The Morgan fingerprint density at radius 2 is 2.00 bits per heavy atom. The molecule has 2 aliphatic heterocycles. The molecule has 2 saturated heterocycles. The van der Waals surface area contributed by atoms with Crippen molar-refractivity contribution in [3.8, 4) is 0 Å². The lowest BCUT2D eigenvalue weighted by Gasteiger charge is -2.29. The van der Waals surface area contributed by atoms with E-state index in [1.807, 2.05) is 18.7 Å². The Kier molecular flexibility index (Phi) is 4.66. The van der Waals surface area contributed by atoms with Gasteiger partial charge in [0.1, 0.15) is 6.04 Å². The van der Waals surface area contributed by atoms with Gasteiger partial charge in [0.15, 0.2) is 0 Å². The van der Waals surface area contributed by atoms with Crippen LogP contribution in [-0.4, -0.2) is 56.7 Å². The Balaban J connectivity index is 1.95. The summed E-state index contributed by atoms with van der Waals surface area (Å²) in [6.45, 7) is 1.88. The van der Waals surface area contributed by atoms with E-state index in [1.165, 1.54) is 16.7 Å². The van der Waals surface area contributed by atoms with Gasteiger partial charge in [0.05, 0.1) is 5.37 Å². The highest BCUT2D eigenvalue weighted by Gasteiger charge is 2.40. The lowest BCUT2D eigenvalue weighted by Crippen LogP contribution is -2.52. The summed E-state index contributed by atoms with van der Waals surface area (Å²) >= 11 is 3.41. The zero-order valence-corrected chi connectivity index (χ0v) is 11.9. The molecule has 0 aromatic carbocycles. The van der Waals surface area contributed by atoms with E-state index >= 15 is 0 Å². The Morgan fingerprint density at radius 1 is 1.33 bits per heavy atom. The topological polar surface area (TPSA) is 69.6 Å². The van der Waals surface area contributed by atoms with Crippen LogP contribution in [0.5, 0.6) is 0 Å². The molecule has 102 valence electrons. The third kappa shape index (κ3) is 3.06. The summed E-state index contributed by atoms with van der Waals surface area (Å²) in [5, 5.41) is 12.0. The number of hydrogen-bond donors (Lipinski definition) is 2. The number of carboxylic acids is 1. The van der Waals surface area contributed by atoms with Gasteiger partial charge in [-0.25, -0.2) is 9.59 Å². The number of thioether (sulfide) groups is 2. The van der Waals surface area contributed by atoms with Crippen molar-refractivity contribution >= 4 is 35.5 Å². The summed E-state index contributed by atoms with van der Waals surface area (Å²) in [6.07, 6.45) is 1.95. The third-order valence-electron chi connectivity index (χ3n) is 3.29. The van der Waals surface area contributed by atoms with Crippen LogP contribution in [0, 0.1) is 0 Å². The molecule has 0 radical (unpaired) electrons. The average Bonchev–Trinajstić information content (AvgIpc) is 2.72. The first-order valence-corrected chi connectivity index (χ1v) is 8.31. The molecule has 0 aliphatic carbocycles. The highest BCUT2D eigenvalue weighted by atomic mass is 32.2. The maximum atomic E-state index is 12.2. The van der Waals surface area contributed by atoms with Gasteiger partial charge < -0.3 is 10.4 Å². The fourth-order valence-corrected chi connectivity index (χ4v) is 4.51. The fourth-order valence-electron chi connectivity index (χ4n) is 2.23. The quantitative estimate of drug-likeness (QED) is 0.805. The first-order valence-electron chi connectivity index (χ1n) is 6.10. The molecule has 2 atom stereocenters. The van der Waals surface area contributed by atoms with E-state index in [-0.39, 0.29) is 17.4 Å². The van der Waals surface area contributed by atoms with Crippen LogP contribution in [-0.2, 0) is 4.79 Å². The van der Waals surface area contributed by atoms with Gasteiger partial charge in [-0.15, -0.1) is 11.8 Å². The number of hydrogen-bond acceptors (Lipinski definition) is 4. The molecule has 0 aromatic heterocycles. The first-order chi connectivity index (χ1) is 8.59. The van der Waals surface area contributed by atoms with E-state index in [2.05, 4.69) is 5.32 Å². The monoisotopic (exact) mass is 290 g/mol. The zero-order valence-electron chi connectivity index (χ0n) is 10.3. The number of carbonyl (C=O) groups excluding carboxylic acids is 1. The number of amides is 2. The second-order valence-corrected chi connectivity index (χ2v) is 7.10. The Bertz CT molecular complexity index is 334. The Morgan fingerprint density at radius 3 is 2.61 bits per heavy atom. The largest absolute Gasteiger partial charge is 0.480 e. The smallest absolute Gasteiger partial charge is 0.327 e. The minimum atomic E-state index is -0.916. The number of nitrogens with one attached hydrogen (secondary N) is 1. The molecule has 0 bridgehead atoms. The summed E-state index contributed by atoms with van der Waals surface area (Å²) < 4.78 is 0. The predicted molar refractivity (Wildman–Crippen MR) is 74.1 cm³/mol. The van der Waals surface area contributed by atoms with Crippen molar-refractivity contribution in [2.24, 2.45) is 0 Å². The van der Waals surface area contributed by atoms with Crippen LogP contribution >= 0.6 is 23.5 Å². The second kappa shape index (κ2) is 6.06. The molecular formula is C11H18N2O3S2. The molecule has 2 unspecified atom stereocenters. The molecule has 7 heteroatoms. The van der Waals surface area contributed by atoms with Crippen molar-refractivity contribution in [3.05, 3.63) is 0 Å². The molecule has 18 heavy (non-hydrogen) atoms. The van der Waals surface area contributed by atoms with Crippen LogP contribution in [0.25, 0.3) is 0 Å². The van der Waals surface area contributed by atoms with Gasteiger partial charge in [-0.05, 0) is 31.3 Å². The molecule has 0 aromatic rings. The normalized spacial score (nSPS) is 29.3. The molecule has 0 spiro atoms. The Hall–Kier alpha value is -0.560. The third-order valence-corrected chi connectivity index (χ3v) is 5.56. The summed E-state index contributed by atoms with van der Waals surface area (Å²) in [5.74, 6) is 1.70. The zero-order chi connectivity index (χ0) is 13.1. The molecule has 2 fully saturated rings. The number of urea groups is 1. The summed E-state index contributed by atoms with van der Waals surface area (Å²) in [7, 11) is 0. The van der Waals surface area contributed by atoms with E-state index in [9.17, 15) is 9.59 Å². The molecule has 2 amide bonds. The van der Waals surface area contributed by atoms with Crippen LogP contribution in [0.3, 0.4) is 0 Å². The molecular weight excluding hydrogens is 272 g/mol. The van der Waals surface area contributed by atoms with Gasteiger partial charge in [-0.1, -0.05) is 0 Å². The summed E-state index contributed by atoms with van der Waals surface area (Å²) in [5.41, 5.74) is 0. The number of carboxylic acid groups (broad SMARTS) is 1. The van der Waals surface area contributed by atoms with Crippen LogP contribution in [0.15, 0.2) is 0 Å². The standard InChI is InChI=1S/C11H18N2O3S2/c1-7-13(9(6-18-7)10(14)15)11(16)12-8-2-4-17-5-3-8/h7-9H,2-6H2,1H3,(H,12,16)(H,14,15). The van der Waals surface area contributed by atoms with Gasteiger partial charge in [-0.2, -0.15) is 11.8 Å². The lowest BCUT2D eigenvalue weighted by molar-refractivity contribution is -0.141. The molecule has 2 rings (SSSR count).